The van der Waals surface area contributed by atoms with Gasteiger partial charge in [0.1, 0.15) is 13.4 Å². The molecule has 0 atom stereocenters. The Morgan fingerprint density at radius 3 is 2.43 bits per heavy atom. The second-order valence-corrected chi connectivity index (χ2v) is 2.30. The van der Waals surface area contributed by atoms with Crippen LogP contribution in [0.4, 0.5) is 0 Å². The summed E-state index contributed by atoms with van der Waals surface area (Å²) in [6.07, 6.45) is 1.11. The third-order valence-corrected chi connectivity index (χ3v) is 1.24. The van der Waals surface area contributed by atoms with Gasteiger partial charge in [0.15, 0.2) is 0 Å². The molecule has 14 heavy (non-hydrogen) atoms. The SMILES string of the molecule is C=CC(=O)OCCOCOCCOC. The number of carbonyl (C=O) groups excluding carboxylic acids is 1. The Labute approximate surface area is 83.6 Å². The number of ether oxygens (including phenoxy) is 4. The number of methoxy groups -OCH3 is 1. The minimum absolute atomic E-state index is 0.176. The molecule has 0 bridgehead atoms. The number of rotatable bonds is 9. The lowest BCUT2D eigenvalue weighted by Crippen LogP contribution is -2.11. The molecule has 0 aliphatic carbocycles. The smallest absolute Gasteiger partial charge is 0.330 e. The first-order valence-electron chi connectivity index (χ1n) is 4.25. The highest BCUT2D eigenvalue weighted by Crippen LogP contribution is 1.83. The third-order valence-electron chi connectivity index (χ3n) is 1.24. The molecule has 0 radical (unpaired) electrons. The molecule has 0 spiro atoms. The van der Waals surface area contributed by atoms with Crippen molar-refractivity contribution in [2.75, 3.05) is 40.3 Å². The fourth-order valence-electron chi connectivity index (χ4n) is 0.579. The van der Waals surface area contributed by atoms with E-state index < -0.39 is 5.97 Å². The zero-order valence-corrected chi connectivity index (χ0v) is 8.36. The Morgan fingerprint density at radius 2 is 1.86 bits per heavy atom. The van der Waals surface area contributed by atoms with Crippen LogP contribution in [0.2, 0.25) is 0 Å². The summed E-state index contributed by atoms with van der Waals surface area (Å²) < 4.78 is 19.4. The van der Waals surface area contributed by atoms with E-state index in [2.05, 4.69) is 11.3 Å². The number of carbonyl (C=O) groups is 1. The number of hydrogen-bond donors (Lipinski definition) is 0. The van der Waals surface area contributed by atoms with Gasteiger partial charge in [-0.1, -0.05) is 6.58 Å². The average Bonchev–Trinajstić information content (AvgIpc) is 2.21. The predicted molar refractivity (Wildman–Crippen MR) is 49.8 cm³/mol. The third kappa shape index (κ3) is 9.18. The fourth-order valence-corrected chi connectivity index (χ4v) is 0.579. The van der Waals surface area contributed by atoms with Crippen LogP contribution in [0.5, 0.6) is 0 Å². The highest BCUT2D eigenvalue weighted by molar-refractivity contribution is 5.81. The van der Waals surface area contributed by atoms with Crippen LogP contribution >= 0.6 is 0 Å². The second-order valence-electron chi connectivity index (χ2n) is 2.30. The van der Waals surface area contributed by atoms with Crippen LogP contribution < -0.4 is 0 Å². The van der Waals surface area contributed by atoms with Gasteiger partial charge in [-0.25, -0.2) is 4.79 Å². The molecule has 0 unspecified atom stereocenters. The summed E-state index contributed by atoms with van der Waals surface area (Å²) in [7, 11) is 1.60. The van der Waals surface area contributed by atoms with Gasteiger partial charge in [-0.15, -0.1) is 0 Å². The Kier molecular flexibility index (Phi) is 9.51. The van der Waals surface area contributed by atoms with Crippen LogP contribution in [0.25, 0.3) is 0 Å². The Morgan fingerprint density at radius 1 is 1.21 bits per heavy atom. The van der Waals surface area contributed by atoms with Crippen molar-refractivity contribution in [1.29, 1.82) is 0 Å². The minimum Gasteiger partial charge on any atom is -0.460 e. The molecule has 0 saturated heterocycles. The molecule has 0 aromatic rings. The minimum atomic E-state index is -0.450. The van der Waals surface area contributed by atoms with E-state index >= 15 is 0 Å². The Bertz CT molecular complexity index is 157. The van der Waals surface area contributed by atoms with Crippen molar-refractivity contribution >= 4 is 5.97 Å². The molecule has 82 valence electrons. The molecular weight excluding hydrogens is 188 g/mol. The van der Waals surface area contributed by atoms with E-state index in [0.29, 0.717) is 19.8 Å². The highest BCUT2D eigenvalue weighted by Gasteiger charge is 1.94. The fraction of sp³-hybridized carbons (Fsp3) is 0.667. The van der Waals surface area contributed by atoms with Crippen molar-refractivity contribution in [2.24, 2.45) is 0 Å². The summed E-state index contributed by atoms with van der Waals surface area (Å²) in [5.74, 6) is -0.450. The summed E-state index contributed by atoms with van der Waals surface area (Å²) in [5.41, 5.74) is 0. The average molecular weight is 204 g/mol. The van der Waals surface area contributed by atoms with Crippen LogP contribution in [-0.4, -0.2) is 46.3 Å². The number of hydrogen-bond acceptors (Lipinski definition) is 5. The van der Waals surface area contributed by atoms with Crippen LogP contribution in [0.3, 0.4) is 0 Å². The molecule has 0 N–H and O–H groups in total. The van der Waals surface area contributed by atoms with Gasteiger partial charge in [0.25, 0.3) is 0 Å². The molecule has 5 nitrogen and oxygen atoms in total. The first-order valence-corrected chi connectivity index (χ1v) is 4.25. The molecule has 0 heterocycles. The topological polar surface area (TPSA) is 54.0 Å². The first kappa shape index (κ1) is 13.1. The van der Waals surface area contributed by atoms with Gasteiger partial charge in [0, 0.05) is 13.2 Å². The Hall–Kier alpha value is -0.910. The molecule has 5 heteroatoms. The first-order chi connectivity index (χ1) is 6.81. The van der Waals surface area contributed by atoms with Crippen LogP contribution in [0.15, 0.2) is 12.7 Å². The Balaban J connectivity index is 2.99. The monoisotopic (exact) mass is 204 g/mol. The molecule has 0 aliphatic rings. The summed E-state index contributed by atoms with van der Waals surface area (Å²) >= 11 is 0. The standard InChI is InChI=1S/C9H16O5/c1-3-9(10)14-7-6-13-8-12-5-4-11-2/h3H,1,4-8H2,2H3. The molecular formula is C9H16O5. The normalized spacial score (nSPS) is 9.79. The largest absolute Gasteiger partial charge is 0.460 e. The van der Waals surface area contributed by atoms with E-state index in [0.717, 1.165) is 6.08 Å². The zero-order valence-electron chi connectivity index (χ0n) is 8.36. The lowest BCUT2D eigenvalue weighted by molar-refractivity contribution is -0.141. The lowest BCUT2D eigenvalue weighted by atomic mass is 10.6. The lowest BCUT2D eigenvalue weighted by Gasteiger charge is -2.05. The van der Waals surface area contributed by atoms with Crippen LogP contribution in [0, 0.1) is 0 Å². The quantitative estimate of drug-likeness (QED) is 0.235. The van der Waals surface area contributed by atoms with Gasteiger partial charge in [-0.2, -0.15) is 0 Å². The number of esters is 1. The van der Waals surface area contributed by atoms with Gasteiger partial charge < -0.3 is 18.9 Å². The maximum absolute atomic E-state index is 10.5. The van der Waals surface area contributed by atoms with Gasteiger partial charge in [-0.05, 0) is 0 Å². The molecule has 0 saturated carbocycles. The molecule has 0 aromatic carbocycles. The van der Waals surface area contributed by atoms with Crippen molar-refractivity contribution in [3.05, 3.63) is 12.7 Å². The van der Waals surface area contributed by atoms with Crippen LogP contribution in [0.1, 0.15) is 0 Å². The zero-order chi connectivity index (χ0) is 10.6. The van der Waals surface area contributed by atoms with E-state index in [1.807, 2.05) is 0 Å². The van der Waals surface area contributed by atoms with Gasteiger partial charge in [0.05, 0.1) is 19.8 Å². The predicted octanol–water partition coefficient (Wildman–Crippen LogP) is 0.353. The van der Waals surface area contributed by atoms with Crippen molar-refractivity contribution in [2.45, 2.75) is 0 Å². The van der Waals surface area contributed by atoms with E-state index in [1.165, 1.54) is 0 Å². The summed E-state index contributed by atoms with van der Waals surface area (Å²) in [4.78, 5) is 10.5. The molecule has 0 aliphatic heterocycles. The van der Waals surface area contributed by atoms with E-state index in [-0.39, 0.29) is 13.4 Å². The van der Waals surface area contributed by atoms with Crippen molar-refractivity contribution in [1.82, 2.24) is 0 Å². The van der Waals surface area contributed by atoms with Gasteiger partial charge in [-0.3, -0.25) is 0 Å². The van der Waals surface area contributed by atoms with Crippen molar-refractivity contribution in [3.63, 3.8) is 0 Å². The van der Waals surface area contributed by atoms with Gasteiger partial charge in [0.2, 0.25) is 0 Å². The second kappa shape index (κ2) is 10.2. The van der Waals surface area contributed by atoms with Crippen LogP contribution in [-0.2, 0) is 23.7 Å². The van der Waals surface area contributed by atoms with Crippen molar-refractivity contribution in [3.8, 4) is 0 Å². The molecule has 0 aromatic heterocycles. The maximum Gasteiger partial charge on any atom is 0.330 e. The molecule has 0 fully saturated rings. The summed E-state index contributed by atoms with van der Waals surface area (Å²) in [6, 6.07) is 0. The van der Waals surface area contributed by atoms with E-state index in [1.54, 1.807) is 7.11 Å². The van der Waals surface area contributed by atoms with E-state index in [9.17, 15) is 4.79 Å². The molecule has 0 rings (SSSR count). The maximum atomic E-state index is 10.5. The van der Waals surface area contributed by atoms with Crippen molar-refractivity contribution < 1.29 is 23.7 Å². The highest BCUT2D eigenvalue weighted by atomic mass is 16.7. The molecule has 0 amide bonds. The summed E-state index contributed by atoms with van der Waals surface area (Å²) in [5, 5.41) is 0. The van der Waals surface area contributed by atoms with E-state index in [4.69, 9.17) is 14.2 Å². The van der Waals surface area contributed by atoms with Gasteiger partial charge >= 0.3 is 5.97 Å². The summed E-state index contributed by atoms with van der Waals surface area (Å²) in [6.45, 7) is 4.98.